The van der Waals surface area contributed by atoms with Crippen LogP contribution in [0.5, 0.6) is 0 Å². The summed E-state index contributed by atoms with van der Waals surface area (Å²) >= 11 is 0. The minimum Gasteiger partial charge on any atom is -0.348 e. The molecule has 102 valence electrons. The summed E-state index contributed by atoms with van der Waals surface area (Å²) in [5.41, 5.74) is 8.04. The maximum atomic E-state index is 12.2. The minimum absolute atomic E-state index is 0. The number of nitrogens with two attached hydrogens (primary N) is 1. The number of aryl methyl sites for hydroxylation is 2. The molecule has 0 aliphatic heterocycles. The van der Waals surface area contributed by atoms with Crippen molar-refractivity contribution in [2.45, 2.75) is 32.7 Å². The van der Waals surface area contributed by atoms with Crippen LogP contribution in [0.1, 0.15) is 34.6 Å². The van der Waals surface area contributed by atoms with Crippen LogP contribution in [0.3, 0.4) is 0 Å². The first-order chi connectivity index (χ1) is 8.04. The van der Waals surface area contributed by atoms with Gasteiger partial charge in [0.1, 0.15) is 0 Å². The Balaban J connectivity index is 0.00000162. The first kappa shape index (κ1) is 15.0. The van der Waals surface area contributed by atoms with Gasteiger partial charge in [-0.25, -0.2) is 0 Å². The number of aromatic nitrogens is 2. The maximum Gasteiger partial charge on any atom is 0.255 e. The third-order valence-electron chi connectivity index (χ3n) is 3.50. The van der Waals surface area contributed by atoms with E-state index in [4.69, 9.17) is 5.73 Å². The first-order valence-electron chi connectivity index (χ1n) is 6.05. The lowest BCUT2D eigenvalue weighted by atomic mass is 10.1. The molecule has 0 aromatic carbocycles. The molecule has 1 aliphatic carbocycles. The van der Waals surface area contributed by atoms with Gasteiger partial charge < -0.3 is 11.1 Å². The topological polar surface area (TPSA) is 72.9 Å². The van der Waals surface area contributed by atoms with E-state index in [1.807, 2.05) is 20.9 Å². The number of hydrogen-bond acceptors (Lipinski definition) is 3. The summed E-state index contributed by atoms with van der Waals surface area (Å²) in [4.78, 5) is 12.2. The Morgan fingerprint density at radius 2 is 2.17 bits per heavy atom. The van der Waals surface area contributed by atoms with Gasteiger partial charge in [0.05, 0.1) is 11.3 Å². The van der Waals surface area contributed by atoms with E-state index in [9.17, 15) is 4.79 Å². The predicted molar refractivity (Wildman–Crippen MR) is 73.0 cm³/mol. The van der Waals surface area contributed by atoms with Crippen LogP contribution >= 0.6 is 12.4 Å². The molecule has 1 unspecified atom stereocenters. The van der Waals surface area contributed by atoms with E-state index in [2.05, 4.69) is 10.4 Å². The zero-order chi connectivity index (χ0) is 12.6. The van der Waals surface area contributed by atoms with Crippen LogP contribution in [0.2, 0.25) is 0 Å². The summed E-state index contributed by atoms with van der Waals surface area (Å²) in [5.74, 6) is 0.525. The third-order valence-corrected chi connectivity index (χ3v) is 3.50. The van der Waals surface area contributed by atoms with Gasteiger partial charge in [0.15, 0.2) is 0 Å². The van der Waals surface area contributed by atoms with Gasteiger partial charge in [-0.15, -0.1) is 12.4 Å². The van der Waals surface area contributed by atoms with Crippen LogP contribution < -0.4 is 11.1 Å². The van der Waals surface area contributed by atoms with Crippen molar-refractivity contribution in [3.63, 3.8) is 0 Å². The molecule has 0 radical (unpaired) electrons. The van der Waals surface area contributed by atoms with Crippen LogP contribution in [0.15, 0.2) is 0 Å². The Labute approximate surface area is 114 Å². The van der Waals surface area contributed by atoms with Crippen LogP contribution in [-0.4, -0.2) is 28.3 Å². The number of carbonyl (C=O) groups is 1. The van der Waals surface area contributed by atoms with E-state index >= 15 is 0 Å². The van der Waals surface area contributed by atoms with Crippen molar-refractivity contribution in [3.05, 3.63) is 17.0 Å². The largest absolute Gasteiger partial charge is 0.348 e. The number of nitrogens with one attached hydrogen (secondary N) is 1. The van der Waals surface area contributed by atoms with Gasteiger partial charge in [-0.2, -0.15) is 5.10 Å². The number of hydrogen-bond donors (Lipinski definition) is 2. The molecule has 0 saturated heterocycles. The fourth-order valence-corrected chi connectivity index (χ4v) is 2.21. The summed E-state index contributed by atoms with van der Waals surface area (Å²) < 4.78 is 1.73. The van der Waals surface area contributed by atoms with Gasteiger partial charge in [-0.3, -0.25) is 9.48 Å². The van der Waals surface area contributed by atoms with E-state index in [1.165, 1.54) is 12.8 Å². The first-order valence-corrected chi connectivity index (χ1v) is 6.05. The normalized spacial score (nSPS) is 16.0. The molecule has 1 heterocycles. The van der Waals surface area contributed by atoms with Crippen molar-refractivity contribution in [2.24, 2.45) is 18.7 Å². The van der Waals surface area contributed by atoms with Crippen molar-refractivity contribution < 1.29 is 4.79 Å². The molecule has 1 fully saturated rings. The molecule has 1 amide bonds. The quantitative estimate of drug-likeness (QED) is 0.856. The highest BCUT2D eigenvalue weighted by atomic mass is 35.5. The molecular formula is C12H21ClN4O. The average molecular weight is 273 g/mol. The second kappa shape index (κ2) is 5.71. The highest BCUT2D eigenvalue weighted by Crippen LogP contribution is 2.32. The fraction of sp³-hybridized carbons (Fsp3) is 0.667. The molecule has 1 aromatic rings. The Bertz CT molecular complexity index is 440. The molecule has 0 spiro atoms. The van der Waals surface area contributed by atoms with Gasteiger partial charge >= 0.3 is 0 Å². The summed E-state index contributed by atoms with van der Waals surface area (Å²) in [6.07, 6.45) is 2.35. The Morgan fingerprint density at radius 3 is 2.56 bits per heavy atom. The van der Waals surface area contributed by atoms with Crippen molar-refractivity contribution in [2.75, 3.05) is 6.54 Å². The van der Waals surface area contributed by atoms with Gasteiger partial charge in [0, 0.05) is 25.3 Å². The summed E-state index contributed by atoms with van der Waals surface area (Å²) in [6.45, 7) is 4.27. The van der Waals surface area contributed by atoms with Crippen molar-refractivity contribution >= 4 is 18.3 Å². The van der Waals surface area contributed by atoms with E-state index in [-0.39, 0.29) is 24.4 Å². The van der Waals surface area contributed by atoms with E-state index in [0.717, 1.165) is 11.4 Å². The fourth-order valence-electron chi connectivity index (χ4n) is 2.21. The molecule has 18 heavy (non-hydrogen) atoms. The van der Waals surface area contributed by atoms with Gasteiger partial charge in [0.2, 0.25) is 0 Å². The third kappa shape index (κ3) is 2.84. The highest BCUT2D eigenvalue weighted by Gasteiger charge is 2.32. The molecule has 2 rings (SSSR count). The zero-order valence-corrected chi connectivity index (χ0v) is 11.9. The second-order valence-electron chi connectivity index (χ2n) is 4.82. The predicted octanol–water partition coefficient (Wildman–Crippen LogP) is 0.926. The molecule has 1 aliphatic rings. The number of carbonyl (C=O) groups excluding carboxylic acids is 1. The lowest BCUT2D eigenvalue weighted by molar-refractivity contribution is 0.0932. The van der Waals surface area contributed by atoms with E-state index in [1.54, 1.807) is 4.68 Å². The average Bonchev–Trinajstić information content (AvgIpc) is 3.05. The summed E-state index contributed by atoms with van der Waals surface area (Å²) in [7, 11) is 1.85. The molecule has 6 heteroatoms. The second-order valence-corrected chi connectivity index (χ2v) is 4.82. The van der Waals surface area contributed by atoms with Crippen molar-refractivity contribution in [1.82, 2.24) is 15.1 Å². The van der Waals surface area contributed by atoms with Crippen molar-refractivity contribution in [3.8, 4) is 0 Å². The van der Waals surface area contributed by atoms with Crippen LogP contribution in [0, 0.1) is 19.8 Å². The maximum absolute atomic E-state index is 12.2. The number of halogens is 1. The Morgan fingerprint density at radius 1 is 1.56 bits per heavy atom. The SMILES string of the molecule is Cc1nn(C)c(C)c1C(=O)NC(CN)C1CC1.Cl. The van der Waals surface area contributed by atoms with Crippen LogP contribution in [0.4, 0.5) is 0 Å². The Kier molecular flexibility index (Phi) is 4.76. The molecule has 1 saturated carbocycles. The van der Waals surface area contributed by atoms with Crippen LogP contribution in [-0.2, 0) is 7.05 Å². The summed E-state index contributed by atoms with van der Waals surface area (Å²) in [5, 5.41) is 7.27. The molecule has 5 nitrogen and oxygen atoms in total. The number of nitrogens with zero attached hydrogens (tertiary/aromatic N) is 2. The highest BCUT2D eigenvalue weighted by molar-refractivity contribution is 5.96. The minimum atomic E-state index is -0.0459. The monoisotopic (exact) mass is 272 g/mol. The summed E-state index contributed by atoms with van der Waals surface area (Å²) in [6, 6.07) is 0.113. The van der Waals surface area contributed by atoms with Crippen LogP contribution in [0.25, 0.3) is 0 Å². The van der Waals surface area contributed by atoms with Crippen molar-refractivity contribution in [1.29, 1.82) is 0 Å². The molecule has 1 atom stereocenters. The Hall–Kier alpha value is -1.07. The molecular weight excluding hydrogens is 252 g/mol. The lowest BCUT2D eigenvalue weighted by Crippen LogP contribution is -2.42. The van der Waals surface area contributed by atoms with Gasteiger partial charge in [0.25, 0.3) is 5.91 Å². The van der Waals surface area contributed by atoms with E-state index < -0.39 is 0 Å². The standard InChI is InChI=1S/C12H20N4O.ClH/c1-7-11(8(2)16(3)15-7)12(17)14-10(6-13)9-4-5-9;/h9-10H,4-6,13H2,1-3H3,(H,14,17);1H. The molecule has 0 bridgehead atoms. The smallest absolute Gasteiger partial charge is 0.255 e. The molecule has 3 N–H and O–H groups in total. The number of amides is 1. The lowest BCUT2D eigenvalue weighted by Gasteiger charge is -2.16. The van der Waals surface area contributed by atoms with E-state index in [0.29, 0.717) is 18.0 Å². The zero-order valence-electron chi connectivity index (χ0n) is 11.1. The van der Waals surface area contributed by atoms with Gasteiger partial charge in [-0.05, 0) is 32.6 Å². The number of rotatable bonds is 4. The van der Waals surface area contributed by atoms with Gasteiger partial charge in [-0.1, -0.05) is 0 Å². The molecule has 1 aromatic heterocycles.